The number of aromatic nitrogens is 2. The highest BCUT2D eigenvalue weighted by molar-refractivity contribution is 9.10. The van der Waals surface area contributed by atoms with Crippen molar-refractivity contribution in [1.82, 2.24) is 9.78 Å². The molecule has 0 atom stereocenters. The number of ether oxygens (including phenoxy) is 2. The molecular weight excluding hydrogens is 462 g/mol. The summed E-state index contributed by atoms with van der Waals surface area (Å²) < 4.78 is 13.4. The van der Waals surface area contributed by atoms with Crippen molar-refractivity contribution in [3.8, 4) is 0 Å². The predicted octanol–water partition coefficient (Wildman–Crippen LogP) is 5.06. The lowest BCUT2D eigenvalue weighted by molar-refractivity contribution is 0.0659. The number of carboxylic acids is 1. The van der Waals surface area contributed by atoms with Crippen LogP contribution in [0.1, 0.15) is 10.4 Å². The average Bonchev–Trinajstić information content (AvgIpc) is 3.09. The number of rotatable bonds is 9. The Balaban J connectivity index is 1.70. The van der Waals surface area contributed by atoms with E-state index in [2.05, 4.69) is 21.2 Å². The van der Waals surface area contributed by atoms with E-state index >= 15 is 0 Å². The maximum Gasteiger partial charge on any atom is 0.338 e. The van der Waals surface area contributed by atoms with Gasteiger partial charge in [0.05, 0.1) is 43.1 Å². The molecule has 0 fully saturated rings. The fourth-order valence-electron chi connectivity index (χ4n) is 3.54. The molecule has 0 saturated carbocycles. The van der Waals surface area contributed by atoms with Gasteiger partial charge in [0.2, 0.25) is 0 Å². The van der Waals surface area contributed by atoms with Crippen molar-refractivity contribution in [3.05, 3.63) is 64.6 Å². The van der Waals surface area contributed by atoms with Crippen molar-refractivity contribution in [2.24, 2.45) is 0 Å². The van der Waals surface area contributed by atoms with Crippen molar-refractivity contribution in [1.29, 1.82) is 0 Å². The van der Waals surface area contributed by atoms with Crippen LogP contribution in [0.4, 0.5) is 11.5 Å². The zero-order valence-corrected chi connectivity index (χ0v) is 18.6. The minimum atomic E-state index is -0.989. The van der Waals surface area contributed by atoms with Crippen LogP contribution in [0.3, 0.4) is 0 Å². The smallest absolute Gasteiger partial charge is 0.338 e. The summed E-state index contributed by atoms with van der Waals surface area (Å²) in [7, 11) is 1.64. The number of methoxy groups -OCH3 is 1. The van der Waals surface area contributed by atoms with Crippen LogP contribution in [-0.4, -0.2) is 47.8 Å². The van der Waals surface area contributed by atoms with Gasteiger partial charge < -0.3 is 19.9 Å². The van der Waals surface area contributed by atoms with Crippen molar-refractivity contribution < 1.29 is 19.4 Å². The monoisotopic (exact) mass is 483 g/mol. The summed E-state index contributed by atoms with van der Waals surface area (Å²) in [6, 6.07) is 17.0. The van der Waals surface area contributed by atoms with Crippen molar-refractivity contribution in [2.75, 3.05) is 32.2 Å². The van der Waals surface area contributed by atoms with E-state index < -0.39 is 5.97 Å². The highest BCUT2D eigenvalue weighted by atomic mass is 79.9. The molecule has 3 aromatic carbocycles. The van der Waals surface area contributed by atoms with Gasteiger partial charge >= 0.3 is 5.97 Å². The van der Waals surface area contributed by atoms with Gasteiger partial charge in [-0.1, -0.05) is 46.3 Å². The number of aromatic carboxylic acids is 1. The number of anilines is 2. The minimum Gasteiger partial charge on any atom is -0.478 e. The Hall–Kier alpha value is -2.94. The molecule has 8 heteroatoms. The summed E-state index contributed by atoms with van der Waals surface area (Å²) in [4.78, 5) is 12.1. The molecule has 4 aromatic rings. The first-order chi connectivity index (χ1) is 15.1. The van der Waals surface area contributed by atoms with E-state index in [9.17, 15) is 9.90 Å². The summed E-state index contributed by atoms with van der Waals surface area (Å²) >= 11 is 3.52. The van der Waals surface area contributed by atoms with Crippen LogP contribution in [0.5, 0.6) is 0 Å². The molecule has 31 heavy (non-hydrogen) atoms. The van der Waals surface area contributed by atoms with Crippen LogP contribution < -0.4 is 5.32 Å². The van der Waals surface area contributed by atoms with E-state index in [1.54, 1.807) is 13.2 Å². The fraction of sp³-hybridized carbons (Fsp3) is 0.217. The van der Waals surface area contributed by atoms with Gasteiger partial charge in [-0.15, -0.1) is 0 Å². The van der Waals surface area contributed by atoms with E-state index in [0.717, 1.165) is 20.8 Å². The van der Waals surface area contributed by atoms with Gasteiger partial charge in [0.25, 0.3) is 0 Å². The molecule has 2 N–H and O–H groups in total. The summed E-state index contributed by atoms with van der Waals surface area (Å²) in [5.41, 5.74) is 1.64. The molecule has 1 heterocycles. The molecule has 160 valence electrons. The number of carbonyl (C=O) groups is 1. The van der Waals surface area contributed by atoms with Gasteiger partial charge in [-0.2, -0.15) is 5.10 Å². The highest BCUT2D eigenvalue weighted by Crippen LogP contribution is 2.32. The first kappa shape index (κ1) is 21.3. The summed E-state index contributed by atoms with van der Waals surface area (Å²) in [6.07, 6.45) is 0. The molecule has 0 bridgehead atoms. The van der Waals surface area contributed by atoms with Crippen molar-refractivity contribution in [3.63, 3.8) is 0 Å². The highest BCUT2D eigenvalue weighted by Gasteiger charge is 2.17. The Morgan fingerprint density at radius 1 is 1.10 bits per heavy atom. The van der Waals surface area contributed by atoms with E-state index in [4.69, 9.17) is 14.6 Å². The minimum absolute atomic E-state index is 0.223. The van der Waals surface area contributed by atoms with Gasteiger partial charge in [0.15, 0.2) is 5.82 Å². The third kappa shape index (κ3) is 4.56. The molecule has 0 aliphatic heterocycles. The molecule has 0 unspecified atom stereocenters. The lowest BCUT2D eigenvalue weighted by atomic mass is 10.0. The Labute approximate surface area is 187 Å². The quantitative estimate of drug-likeness (QED) is 0.323. The van der Waals surface area contributed by atoms with Crippen LogP contribution in [0, 0.1) is 0 Å². The summed E-state index contributed by atoms with van der Waals surface area (Å²) in [5, 5.41) is 20.3. The first-order valence-electron chi connectivity index (χ1n) is 9.83. The first-order valence-corrected chi connectivity index (χ1v) is 10.6. The molecule has 0 spiro atoms. The van der Waals surface area contributed by atoms with E-state index in [0.29, 0.717) is 43.3 Å². The maximum absolute atomic E-state index is 12.1. The second kappa shape index (κ2) is 9.47. The molecular formula is C23H22BrN3O4. The number of nitrogens with one attached hydrogen (secondary N) is 1. The van der Waals surface area contributed by atoms with Gasteiger partial charge in [-0.25, -0.2) is 4.79 Å². The van der Waals surface area contributed by atoms with E-state index in [-0.39, 0.29) is 5.56 Å². The van der Waals surface area contributed by atoms with Gasteiger partial charge in [-0.3, -0.25) is 4.68 Å². The summed E-state index contributed by atoms with van der Waals surface area (Å²) in [6.45, 7) is 2.10. The normalized spacial score (nSPS) is 11.3. The number of nitrogens with zero attached hydrogens (tertiary/aromatic N) is 2. The Bertz CT molecular complexity index is 1240. The second-order valence-electron chi connectivity index (χ2n) is 6.98. The largest absolute Gasteiger partial charge is 0.478 e. The average molecular weight is 484 g/mol. The molecule has 0 aliphatic carbocycles. The Morgan fingerprint density at radius 3 is 2.74 bits per heavy atom. The molecule has 4 rings (SSSR count). The zero-order chi connectivity index (χ0) is 21.8. The van der Waals surface area contributed by atoms with Crippen molar-refractivity contribution in [2.45, 2.75) is 6.54 Å². The predicted molar refractivity (Wildman–Crippen MR) is 124 cm³/mol. The number of benzene rings is 3. The van der Waals surface area contributed by atoms with Crippen molar-refractivity contribution >= 4 is 55.1 Å². The van der Waals surface area contributed by atoms with E-state index in [1.807, 2.05) is 53.2 Å². The van der Waals surface area contributed by atoms with Crippen LogP contribution in [0.15, 0.2) is 59.1 Å². The van der Waals surface area contributed by atoms with Gasteiger partial charge in [0.1, 0.15) is 0 Å². The third-order valence-electron chi connectivity index (χ3n) is 4.99. The second-order valence-corrected chi connectivity index (χ2v) is 7.89. The molecule has 7 nitrogen and oxygen atoms in total. The zero-order valence-electron chi connectivity index (χ0n) is 17.0. The molecule has 0 amide bonds. The van der Waals surface area contributed by atoms with E-state index in [1.165, 1.54) is 0 Å². The molecule has 0 saturated heterocycles. The van der Waals surface area contributed by atoms with Crippen LogP contribution in [-0.2, 0) is 16.0 Å². The number of carboxylic acid groups (broad SMARTS) is 1. The number of fused-ring (bicyclic) bond motifs is 2. The number of halogens is 1. The molecule has 1 aromatic heterocycles. The molecule has 0 aliphatic rings. The third-order valence-corrected chi connectivity index (χ3v) is 5.48. The Kier molecular flexibility index (Phi) is 6.50. The number of hydrogen-bond donors (Lipinski definition) is 2. The lowest BCUT2D eigenvalue weighted by Crippen LogP contribution is -2.10. The van der Waals surface area contributed by atoms with Crippen LogP contribution in [0.25, 0.3) is 21.7 Å². The van der Waals surface area contributed by atoms with Gasteiger partial charge in [0, 0.05) is 17.0 Å². The van der Waals surface area contributed by atoms with Crippen LogP contribution in [0.2, 0.25) is 0 Å². The Morgan fingerprint density at radius 2 is 1.94 bits per heavy atom. The summed E-state index contributed by atoms with van der Waals surface area (Å²) in [5.74, 6) is -0.394. The number of hydrogen-bond acceptors (Lipinski definition) is 5. The van der Waals surface area contributed by atoms with Gasteiger partial charge in [-0.05, 0) is 35.0 Å². The maximum atomic E-state index is 12.1. The standard InChI is InChI=1S/C23H22BrN3O4/c1-30-12-13-31-11-10-27-20-14-16(24)7-8-18(20)22(26-27)25-19-9-6-15-4-2-3-5-17(15)21(19)23(28)29/h2-9,14H,10-13H2,1H3,(H,25,26)(H,28,29). The fourth-order valence-corrected chi connectivity index (χ4v) is 3.89. The SMILES string of the molecule is COCCOCCn1nc(Nc2ccc3ccccc3c2C(=O)O)c2ccc(Br)cc21. The topological polar surface area (TPSA) is 85.6 Å². The van der Waals surface area contributed by atoms with Crippen LogP contribution >= 0.6 is 15.9 Å². The molecule has 0 radical (unpaired) electrons. The lowest BCUT2D eigenvalue weighted by Gasteiger charge is -2.11.